The van der Waals surface area contributed by atoms with Gasteiger partial charge in [0.25, 0.3) is 0 Å². The van der Waals surface area contributed by atoms with Crippen molar-refractivity contribution in [1.82, 2.24) is 4.72 Å². The Morgan fingerprint density at radius 1 is 1.25 bits per heavy atom. The third-order valence-electron chi connectivity index (χ3n) is 1.57. The summed E-state index contributed by atoms with van der Waals surface area (Å²) in [7, 11) is -4.49. The van der Waals surface area contributed by atoms with Crippen molar-refractivity contribution in [3.05, 3.63) is 29.6 Å². The van der Waals surface area contributed by atoms with Crippen molar-refractivity contribution in [3.8, 4) is 6.07 Å². The molecule has 4 nitrogen and oxygen atoms in total. The van der Waals surface area contributed by atoms with E-state index >= 15 is 0 Å². The Bertz CT molecular complexity index is 528. The van der Waals surface area contributed by atoms with Crippen LogP contribution in [-0.2, 0) is 10.0 Å². The molecule has 0 aliphatic rings. The molecule has 0 saturated carbocycles. The Kier molecular flexibility index (Phi) is 3.51. The van der Waals surface area contributed by atoms with Gasteiger partial charge < -0.3 is 0 Å². The number of benzene rings is 1. The number of sulfonamides is 1. The first kappa shape index (κ1) is 12.5. The number of halogens is 3. The highest BCUT2D eigenvalue weighted by molar-refractivity contribution is 7.89. The Morgan fingerprint density at radius 2 is 1.75 bits per heavy atom. The van der Waals surface area contributed by atoms with Crippen LogP contribution in [0.2, 0.25) is 0 Å². The molecule has 0 unspecified atom stereocenters. The molecule has 0 spiro atoms. The molecule has 8 heteroatoms. The molecule has 0 saturated heterocycles. The van der Waals surface area contributed by atoms with E-state index in [1.807, 2.05) is 0 Å². The van der Waals surface area contributed by atoms with Crippen molar-refractivity contribution in [2.45, 2.75) is 4.90 Å². The van der Waals surface area contributed by atoms with Crippen LogP contribution in [0.1, 0.15) is 0 Å². The molecule has 1 N–H and O–H groups in total. The summed E-state index contributed by atoms with van der Waals surface area (Å²) in [6, 6.07) is 1.91. The summed E-state index contributed by atoms with van der Waals surface area (Å²) >= 11 is 0. The van der Waals surface area contributed by atoms with Crippen LogP contribution in [-0.4, -0.2) is 15.0 Å². The fourth-order valence-corrected chi connectivity index (χ4v) is 2.02. The minimum Gasteiger partial charge on any atom is -0.207 e. The van der Waals surface area contributed by atoms with Crippen molar-refractivity contribution in [2.75, 3.05) is 6.54 Å². The average Bonchev–Trinajstić information content (AvgIpc) is 2.12. The lowest BCUT2D eigenvalue weighted by molar-refractivity contribution is 0.494. The van der Waals surface area contributed by atoms with Gasteiger partial charge in [0.1, 0.15) is 17.5 Å². The first-order valence-corrected chi connectivity index (χ1v) is 5.38. The normalized spacial score (nSPS) is 11.1. The van der Waals surface area contributed by atoms with E-state index in [1.54, 1.807) is 4.72 Å². The van der Waals surface area contributed by atoms with Crippen LogP contribution in [0.4, 0.5) is 13.2 Å². The standard InChI is InChI=1S/C8H5F3N2O2S/c9-5-3-6(10)8(7(11)4-5)16(14,15)13-2-1-12/h3-4,13H,2H2. The van der Waals surface area contributed by atoms with Crippen LogP contribution in [0.25, 0.3) is 0 Å². The van der Waals surface area contributed by atoms with Gasteiger partial charge in [0.05, 0.1) is 12.6 Å². The molecule has 0 fully saturated rings. The molecule has 0 aromatic heterocycles. The van der Waals surface area contributed by atoms with E-state index in [2.05, 4.69) is 0 Å². The number of rotatable bonds is 3. The molecule has 0 atom stereocenters. The van der Waals surface area contributed by atoms with Crippen LogP contribution >= 0.6 is 0 Å². The fourth-order valence-electron chi connectivity index (χ4n) is 0.985. The van der Waals surface area contributed by atoms with Crippen molar-refractivity contribution in [2.24, 2.45) is 0 Å². The zero-order valence-corrected chi connectivity index (χ0v) is 8.48. The molecule has 16 heavy (non-hydrogen) atoms. The average molecular weight is 250 g/mol. The predicted molar refractivity (Wildman–Crippen MR) is 47.1 cm³/mol. The van der Waals surface area contributed by atoms with E-state index in [0.717, 1.165) is 0 Å². The fraction of sp³-hybridized carbons (Fsp3) is 0.125. The van der Waals surface area contributed by atoms with Crippen molar-refractivity contribution >= 4 is 10.0 Å². The van der Waals surface area contributed by atoms with Gasteiger partial charge in [-0.05, 0) is 0 Å². The molecular weight excluding hydrogens is 245 g/mol. The van der Waals surface area contributed by atoms with E-state index in [0.29, 0.717) is 0 Å². The summed E-state index contributed by atoms with van der Waals surface area (Å²) in [5, 5.41) is 8.13. The second-order valence-electron chi connectivity index (χ2n) is 2.68. The molecule has 0 aliphatic heterocycles. The third kappa shape index (κ3) is 2.50. The van der Waals surface area contributed by atoms with Gasteiger partial charge in [-0.15, -0.1) is 0 Å². The monoisotopic (exact) mass is 250 g/mol. The molecule has 0 heterocycles. The number of nitrogens with zero attached hydrogens (tertiary/aromatic N) is 1. The topological polar surface area (TPSA) is 70.0 Å². The van der Waals surface area contributed by atoms with Crippen molar-refractivity contribution in [3.63, 3.8) is 0 Å². The Balaban J connectivity index is 3.29. The van der Waals surface area contributed by atoms with Gasteiger partial charge in [0.2, 0.25) is 10.0 Å². The van der Waals surface area contributed by atoms with Gasteiger partial charge in [-0.25, -0.2) is 21.6 Å². The maximum Gasteiger partial charge on any atom is 0.247 e. The first-order valence-electron chi connectivity index (χ1n) is 3.89. The van der Waals surface area contributed by atoms with Gasteiger partial charge in [0, 0.05) is 12.1 Å². The highest BCUT2D eigenvalue weighted by Gasteiger charge is 2.24. The maximum atomic E-state index is 13.1. The summed E-state index contributed by atoms with van der Waals surface area (Å²) in [6.07, 6.45) is 0. The largest absolute Gasteiger partial charge is 0.247 e. The van der Waals surface area contributed by atoms with Crippen LogP contribution in [0.5, 0.6) is 0 Å². The van der Waals surface area contributed by atoms with Gasteiger partial charge in [-0.2, -0.15) is 9.98 Å². The van der Waals surface area contributed by atoms with Crippen LogP contribution in [0.3, 0.4) is 0 Å². The lowest BCUT2D eigenvalue weighted by Crippen LogP contribution is -2.26. The summed E-state index contributed by atoms with van der Waals surface area (Å²) < 4.78 is 62.8. The molecule has 0 bridgehead atoms. The summed E-state index contributed by atoms with van der Waals surface area (Å²) in [6.45, 7) is -0.640. The van der Waals surface area contributed by atoms with E-state index in [-0.39, 0.29) is 12.1 Å². The zero-order valence-electron chi connectivity index (χ0n) is 7.67. The molecule has 0 aliphatic carbocycles. The molecule has 0 radical (unpaired) electrons. The van der Waals surface area contributed by atoms with Crippen LogP contribution in [0, 0.1) is 28.8 Å². The molecule has 1 rings (SSSR count). The molecule has 1 aromatic carbocycles. The smallest absolute Gasteiger partial charge is 0.207 e. The third-order valence-corrected chi connectivity index (χ3v) is 3.02. The van der Waals surface area contributed by atoms with E-state index in [1.165, 1.54) is 6.07 Å². The van der Waals surface area contributed by atoms with E-state index < -0.39 is 38.9 Å². The predicted octanol–water partition coefficient (Wildman–Crippen LogP) is 0.906. The molecule has 0 amide bonds. The zero-order chi connectivity index (χ0) is 12.3. The Labute approximate surface area is 89.4 Å². The van der Waals surface area contributed by atoms with Crippen molar-refractivity contribution < 1.29 is 21.6 Å². The van der Waals surface area contributed by atoms with E-state index in [9.17, 15) is 21.6 Å². The van der Waals surface area contributed by atoms with Gasteiger partial charge >= 0.3 is 0 Å². The summed E-state index contributed by atoms with van der Waals surface area (Å²) in [4.78, 5) is -1.30. The Hall–Kier alpha value is -1.59. The minimum absolute atomic E-state index is 0.240. The molecule has 86 valence electrons. The first-order chi connectivity index (χ1) is 7.38. The number of nitrogens with one attached hydrogen (secondary N) is 1. The van der Waals surface area contributed by atoms with Gasteiger partial charge in [0.15, 0.2) is 4.90 Å². The lowest BCUT2D eigenvalue weighted by atomic mass is 10.3. The second kappa shape index (κ2) is 4.51. The quantitative estimate of drug-likeness (QED) is 0.810. The summed E-state index contributed by atoms with van der Waals surface area (Å²) in [5.74, 6) is -4.33. The number of nitriles is 1. The van der Waals surface area contributed by atoms with E-state index in [4.69, 9.17) is 5.26 Å². The molecular formula is C8H5F3N2O2S. The highest BCUT2D eigenvalue weighted by Crippen LogP contribution is 2.19. The Morgan fingerprint density at radius 3 is 2.19 bits per heavy atom. The summed E-state index contributed by atoms with van der Waals surface area (Å²) in [5.41, 5.74) is 0. The number of hydrogen-bond donors (Lipinski definition) is 1. The van der Waals surface area contributed by atoms with Crippen LogP contribution < -0.4 is 4.72 Å². The SMILES string of the molecule is N#CCNS(=O)(=O)c1c(F)cc(F)cc1F. The van der Waals surface area contributed by atoms with Gasteiger partial charge in [-0.3, -0.25) is 0 Å². The van der Waals surface area contributed by atoms with Crippen molar-refractivity contribution in [1.29, 1.82) is 5.26 Å². The highest BCUT2D eigenvalue weighted by atomic mass is 32.2. The van der Waals surface area contributed by atoms with Crippen LogP contribution in [0.15, 0.2) is 17.0 Å². The second-order valence-corrected chi connectivity index (χ2v) is 4.39. The van der Waals surface area contributed by atoms with Gasteiger partial charge in [-0.1, -0.05) is 0 Å². The molecule has 1 aromatic rings. The minimum atomic E-state index is -4.49. The lowest BCUT2D eigenvalue weighted by Gasteiger charge is -2.06. The maximum absolute atomic E-state index is 13.1. The number of hydrogen-bond acceptors (Lipinski definition) is 3.